The number of rotatable bonds is 3. The summed E-state index contributed by atoms with van der Waals surface area (Å²) in [5.41, 5.74) is 11.2. The molecule has 0 radical (unpaired) electrons. The largest absolute Gasteiger partial charge is 0.459 e. The molecule has 1 atom stereocenters. The zero-order valence-corrected chi connectivity index (χ0v) is 11.2. The second kappa shape index (κ2) is 5.83. The smallest absolute Gasteiger partial charge is 0.323 e. The van der Waals surface area contributed by atoms with Gasteiger partial charge in [0.1, 0.15) is 11.6 Å². The van der Waals surface area contributed by atoms with Crippen LogP contribution >= 0.6 is 0 Å². The Morgan fingerprint density at radius 2 is 1.82 bits per heavy atom. The lowest BCUT2D eigenvalue weighted by Crippen LogP contribution is -2.44. The standard InChI is InChI=1S/C13H26N2O2/c1-13(2,3)17-12(16)11(15)10-6-4-9(8-14)5-7-10/h9-11H,4-8,14-15H2,1-3H3/t9?,10?,11-/m0/s1. The van der Waals surface area contributed by atoms with Crippen LogP contribution in [0, 0.1) is 11.8 Å². The molecule has 1 rings (SSSR count). The van der Waals surface area contributed by atoms with Gasteiger partial charge in [-0.3, -0.25) is 4.79 Å². The summed E-state index contributed by atoms with van der Waals surface area (Å²) in [6.45, 7) is 6.34. The van der Waals surface area contributed by atoms with E-state index in [1.165, 1.54) is 0 Å². The first-order chi connectivity index (χ1) is 7.83. The van der Waals surface area contributed by atoms with Crippen LogP contribution in [-0.2, 0) is 9.53 Å². The summed E-state index contributed by atoms with van der Waals surface area (Å²) in [6, 6.07) is -0.479. The summed E-state index contributed by atoms with van der Waals surface area (Å²) in [5.74, 6) is 0.596. The SMILES string of the molecule is CC(C)(C)OC(=O)[C@@H](N)C1CCC(CN)CC1. The molecule has 0 amide bonds. The van der Waals surface area contributed by atoms with Gasteiger partial charge in [0, 0.05) is 0 Å². The van der Waals surface area contributed by atoms with E-state index in [4.69, 9.17) is 16.2 Å². The quantitative estimate of drug-likeness (QED) is 0.734. The molecule has 0 aromatic carbocycles. The molecule has 4 nitrogen and oxygen atoms in total. The highest BCUT2D eigenvalue weighted by Gasteiger charge is 2.31. The molecule has 4 N–H and O–H groups in total. The van der Waals surface area contributed by atoms with Gasteiger partial charge in [0.2, 0.25) is 0 Å². The minimum atomic E-state index is -0.479. The molecule has 0 saturated heterocycles. The first kappa shape index (κ1) is 14.5. The Morgan fingerprint density at radius 1 is 1.29 bits per heavy atom. The highest BCUT2D eigenvalue weighted by Crippen LogP contribution is 2.30. The summed E-state index contributed by atoms with van der Waals surface area (Å²) < 4.78 is 5.32. The number of ether oxygens (including phenoxy) is 1. The Hall–Kier alpha value is -0.610. The van der Waals surface area contributed by atoms with Gasteiger partial charge in [-0.25, -0.2) is 0 Å². The van der Waals surface area contributed by atoms with Crippen LogP contribution in [0.4, 0.5) is 0 Å². The minimum absolute atomic E-state index is 0.257. The van der Waals surface area contributed by atoms with Crippen LogP contribution in [0.3, 0.4) is 0 Å². The van der Waals surface area contributed by atoms with Gasteiger partial charge in [-0.15, -0.1) is 0 Å². The lowest BCUT2D eigenvalue weighted by atomic mass is 9.79. The molecule has 0 bridgehead atoms. The van der Waals surface area contributed by atoms with Crippen LogP contribution < -0.4 is 11.5 Å². The fourth-order valence-corrected chi connectivity index (χ4v) is 2.35. The molecule has 17 heavy (non-hydrogen) atoms. The summed E-state index contributed by atoms with van der Waals surface area (Å²) in [7, 11) is 0. The predicted octanol–water partition coefficient (Wildman–Crippen LogP) is 1.42. The van der Waals surface area contributed by atoms with E-state index in [-0.39, 0.29) is 11.9 Å². The molecule has 1 aliphatic carbocycles. The molecule has 1 aliphatic rings. The first-order valence-corrected chi connectivity index (χ1v) is 6.52. The second-order valence-corrected chi connectivity index (χ2v) is 6.08. The Morgan fingerprint density at radius 3 is 2.24 bits per heavy atom. The molecule has 100 valence electrons. The third-order valence-electron chi connectivity index (χ3n) is 3.41. The lowest BCUT2D eigenvalue weighted by molar-refractivity contribution is -0.158. The highest BCUT2D eigenvalue weighted by molar-refractivity contribution is 5.76. The van der Waals surface area contributed by atoms with Crippen LogP contribution in [0.25, 0.3) is 0 Å². The van der Waals surface area contributed by atoms with Crippen molar-refractivity contribution in [3.63, 3.8) is 0 Å². The zero-order valence-electron chi connectivity index (χ0n) is 11.2. The third-order valence-corrected chi connectivity index (χ3v) is 3.41. The van der Waals surface area contributed by atoms with E-state index in [9.17, 15) is 4.79 Å². The lowest BCUT2D eigenvalue weighted by Gasteiger charge is -2.32. The summed E-state index contributed by atoms with van der Waals surface area (Å²) in [4.78, 5) is 11.8. The van der Waals surface area contributed by atoms with Crippen molar-refractivity contribution in [2.45, 2.75) is 58.1 Å². The molecule has 0 aromatic rings. The molecular formula is C13H26N2O2. The van der Waals surface area contributed by atoms with E-state index in [1.807, 2.05) is 20.8 Å². The second-order valence-electron chi connectivity index (χ2n) is 6.08. The number of nitrogens with two attached hydrogens (primary N) is 2. The van der Waals surface area contributed by atoms with Gasteiger partial charge < -0.3 is 16.2 Å². The molecule has 0 heterocycles. The Bertz CT molecular complexity index is 253. The van der Waals surface area contributed by atoms with Crippen molar-refractivity contribution in [3.8, 4) is 0 Å². The van der Waals surface area contributed by atoms with Gasteiger partial charge in [0.05, 0.1) is 0 Å². The fourth-order valence-electron chi connectivity index (χ4n) is 2.35. The summed E-state index contributed by atoms with van der Waals surface area (Å²) in [5, 5.41) is 0. The summed E-state index contributed by atoms with van der Waals surface area (Å²) >= 11 is 0. The molecule has 0 spiro atoms. The average molecular weight is 242 g/mol. The van der Waals surface area contributed by atoms with Crippen molar-refractivity contribution in [1.29, 1.82) is 0 Å². The Labute approximate surface area is 104 Å². The molecular weight excluding hydrogens is 216 g/mol. The van der Waals surface area contributed by atoms with Gasteiger partial charge in [-0.1, -0.05) is 0 Å². The Balaban J connectivity index is 2.43. The van der Waals surface area contributed by atoms with Gasteiger partial charge in [-0.05, 0) is 64.8 Å². The topological polar surface area (TPSA) is 78.3 Å². The maximum atomic E-state index is 11.8. The van der Waals surface area contributed by atoms with Crippen LogP contribution in [-0.4, -0.2) is 24.2 Å². The number of esters is 1. The van der Waals surface area contributed by atoms with E-state index >= 15 is 0 Å². The van der Waals surface area contributed by atoms with Crippen molar-refractivity contribution >= 4 is 5.97 Å². The molecule has 4 heteroatoms. The van der Waals surface area contributed by atoms with E-state index in [0.717, 1.165) is 32.2 Å². The number of hydrogen-bond donors (Lipinski definition) is 2. The Kier molecular flexibility index (Phi) is 4.95. The van der Waals surface area contributed by atoms with Crippen molar-refractivity contribution < 1.29 is 9.53 Å². The summed E-state index contributed by atoms with van der Waals surface area (Å²) in [6.07, 6.45) is 4.14. The van der Waals surface area contributed by atoms with Crippen LogP contribution in [0.2, 0.25) is 0 Å². The normalized spacial score (nSPS) is 27.6. The van der Waals surface area contributed by atoms with E-state index in [2.05, 4.69) is 0 Å². The van der Waals surface area contributed by atoms with Crippen LogP contribution in [0.5, 0.6) is 0 Å². The van der Waals surface area contributed by atoms with Crippen molar-refractivity contribution in [1.82, 2.24) is 0 Å². The highest BCUT2D eigenvalue weighted by atomic mass is 16.6. The van der Waals surface area contributed by atoms with Gasteiger partial charge >= 0.3 is 5.97 Å². The monoisotopic (exact) mass is 242 g/mol. The van der Waals surface area contributed by atoms with E-state index < -0.39 is 11.6 Å². The molecule has 1 fully saturated rings. The maximum Gasteiger partial charge on any atom is 0.323 e. The first-order valence-electron chi connectivity index (χ1n) is 6.52. The van der Waals surface area contributed by atoms with Crippen molar-refractivity contribution in [2.24, 2.45) is 23.3 Å². The van der Waals surface area contributed by atoms with Gasteiger partial charge in [0.15, 0.2) is 0 Å². The van der Waals surface area contributed by atoms with Crippen molar-refractivity contribution in [3.05, 3.63) is 0 Å². The number of hydrogen-bond acceptors (Lipinski definition) is 4. The van der Waals surface area contributed by atoms with Crippen LogP contribution in [0.15, 0.2) is 0 Å². The zero-order chi connectivity index (χ0) is 13.1. The maximum absolute atomic E-state index is 11.8. The third kappa shape index (κ3) is 4.64. The van der Waals surface area contributed by atoms with Crippen molar-refractivity contribution in [2.75, 3.05) is 6.54 Å². The minimum Gasteiger partial charge on any atom is -0.459 e. The number of carbonyl (C=O) groups excluding carboxylic acids is 1. The average Bonchev–Trinajstić information content (AvgIpc) is 2.26. The predicted molar refractivity (Wildman–Crippen MR) is 68.3 cm³/mol. The fraction of sp³-hybridized carbons (Fsp3) is 0.923. The van der Waals surface area contributed by atoms with Gasteiger partial charge in [0.25, 0.3) is 0 Å². The van der Waals surface area contributed by atoms with E-state index in [0.29, 0.717) is 5.92 Å². The molecule has 0 unspecified atom stereocenters. The van der Waals surface area contributed by atoms with Crippen LogP contribution in [0.1, 0.15) is 46.5 Å². The molecule has 0 aliphatic heterocycles. The van der Waals surface area contributed by atoms with E-state index in [1.54, 1.807) is 0 Å². The molecule has 1 saturated carbocycles. The number of carbonyl (C=O) groups is 1. The van der Waals surface area contributed by atoms with Gasteiger partial charge in [-0.2, -0.15) is 0 Å². The molecule has 0 aromatic heterocycles.